The number of pyridine rings is 1. The highest BCUT2D eigenvalue weighted by molar-refractivity contribution is 7.89. The minimum absolute atomic E-state index is 0.200. The van der Waals surface area contributed by atoms with E-state index in [0.717, 1.165) is 22.6 Å². The molecule has 0 atom stereocenters. The van der Waals surface area contributed by atoms with Gasteiger partial charge in [-0.05, 0) is 16.0 Å². The van der Waals surface area contributed by atoms with E-state index in [0.29, 0.717) is 0 Å². The SMILES string of the molecule is CN(CCC(=O)O)S(=O)(=O)c1ccc([N+](=O)[O-])nc1. The highest BCUT2D eigenvalue weighted by Gasteiger charge is 2.23. The smallest absolute Gasteiger partial charge is 0.363 e. The Morgan fingerprint density at radius 1 is 1.53 bits per heavy atom. The van der Waals surface area contributed by atoms with Crippen LogP contribution in [0.1, 0.15) is 6.42 Å². The van der Waals surface area contributed by atoms with Gasteiger partial charge in [0.2, 0.25) is 10.0 Å². The van der Waals surface area contributed by atoms with Gasteiger partial charge in [0.25, 0.3) is 0 Å². The van der Waals surface area contributed by atoms with Crippen LogP contribution in [-0.2, 0) is 14.8 Å². The highest BCUT2D eigenvalue weighted by atomic mass is 32.2. The Morgan fingerprint density at radius 2 is 2.16 bits per heavy atom. The van der Waals surface area contributed by atoms with E-state index in [1.54, 1.807) is 0 Å². The van der Waals surface area contributed by atoms with Crippen LogP contribution in [0.3, 0.4) is 0 Å². The summed E-state index contributed by atoms with van der Waals surface area (Å²) in [5.74, 6) is -1.59. The first-order chi connectivity index (χ1) is 8.75. The molecule has 0 unspecified atom stereocenters. The maximum Gasteiger partial charge on any atom is 0.363 e. The van der Waals surface area contributed by atoms with E-state index in [2.05, 4.69) is 4.98 Å². The summed E-state index contributed by atoms with van der Waals surface area (Å²) >= 11 is 0. The topological polar surface area (TPSA) is 131 Å². The first-order valence-electron chi connectivity index (χ1n) is 5.03. The number of nitrogens with zero attached hydrogens (tertiary/aromatic N) is 3. The third-order valence-corrected chi connectivity index (χ3v) is 4.10. The maximum atomic E-state index is 11.9. The average Bonchev–Trinajstić information content (AvgIpc) is 2.35. The number of carboxylic acid groups (broad SMARTS) is 1. The lowest BCUT2D eigenvalue weighted by Crippen LogP contribution is -2.29. The third-order valence-electron chi connectivity index (χ3n) is 2.26. The van der Waals surface area contributed by atoms with Crippen molar-refractivity contribution in [2.45, 2.75) is 11.3 Å². The van der Waals surface area contributed by atoms with E-state index in [4.69, 9.17) is 5.11 Å². The largest absolute Gasteiger partial charge is 0.481 e. The van der Waals surface area contributed by atoms with Gasteiger partial charge in [0.1, 0.15) is 4.90 Å². The van der Waals surface area contributed by atoms with E-state index in [9.17, 15) is 23.3 Å². The highest BCUT2D eigenvalue weighted by Crippen LogP contribution is 2.16. The van der Waals surface area contributed by atoms with Gasteiger partial charge >= 0.3 is 11.8 Å². The van der Waals surface area contributed by atoms with E-state index >= 15 is 0 Å². The molecule has 104 valence electrons. The maximum absolute atomic E-state index is 11.9. The molecule has 0 amide bonds. The molecule has 0 fully saturated rings. The van der Waals surface area contributed by atoms with Crippen LogP contribution in [0, 0.1) is 10.1 Å². The Balaban J connectivity index is 2.93. The summed E-state index contributed by atoms with van der Waals surface area (Å²) in [5.41, 5.74) is 0. The molecule has 0 saturated heterocycles. The Bertz CT molecular complexity index is 582. The number of carboxylic acids is 1. The minimum Gasteiger partial charge on any atom is -0.481 e. The lowest BCUT2D eigenvalue weighted by molar-refractivity contribution is -0.389. The number of hydrogen-bond donors (Lipinski definition) is 1. The zero-order valence-electron chi connectivity index (χ0n) is 9.88. The summed E-state index contributed by atoms with van der Waals surface area (Å²) < 4.78 is 24.7. The molecule has 0 radical (unpaired) electrons. The lowest BCUT2D eigenvalue weighted by atomic mass is 10.4. The van der Waals surface area contributed by atoms with Crippen molar-refractivity contribution in [3.8, 4) is 0 Å². The van der Waals surface area contributed by atoms with Crippen molar-refractivity contribution >= 4 is 21.8 Å². The van der Waals surface area contributed by atoms with E-state index in [-0.39, 0.29) is 17.9 Å². The molecule has 19 heavy (non-hydrogen) atoms. The van der Waals surface area contributed by atoms with Crippen molar-refractivity contribution in [2.75, 3.05) is 13.6 Å². The molecule has 0 aliphatic rings. The molecule has 0 saturated carbocycles. The molecular formula is C9H11N3O6S. The number of aromatic nitrogens is 1. The summed E-state index contributed by atoms with van der Waals surface area (Å²) in [6, 6.07) is 2.02. The molecule has 0 aliphatic carbocycles. The van der Waals surface area contributed by atoms with Gasteiger partial charge in [-0.3, -0.25) is 4.79 Å². The van der Waals surface area contributed by atoms with Gasteiger partial charge < -0.3 is 15.2 Å². The second kappa shape index (κ2) is 5.71. The monoisotopic (exact) mass is 289 g/mol. The Morgan fingerprint density at radius 3 is 2.58 bits per heavy atom. The number of hydrogen-bond acceptors (Lipinski definition) is 6. The summed E-state index contributed by atoms with van der Waals surface area (Å²) in [4.78, 5) is 23.2. The standard InChI is InChI=1S/C9H11N3O6S/c1-11(5-4-9(13)14)19(17,18)7-2-3-8(10-6-7)12(15)16/h2-3,6H,4-5H2,1H3,(H,13,14). The molecule has 10 heteroatoms. The number of sulfonamides is 1. The van der Waals surface area contributed by atoms with Crippen molar-refractivity contribution in [1.82, 2.24) is 9.29 Å². The van der Waals surface area contributed by atoms with Crippen LogP contribution in [0.5, 0.6) is 0 Å². The number of nitro groups is 1. The second-order valence-corrected chi connectivity index (χ2v) is 5.62. The molecule has 9 nitrogen and oxygen atoms in total. The van der Waals surface area contributed by atoms with Crippen LogP contribution >= 0.6 is 0 Å². The zero-order valence-corrected chi connectivity index (χ0v) is 10.7. The van der Waals surface area contributed by atoms with Crippen molar-refractivity contribution < 1.29 is 23.2 Å². The molecular weight excluding hydrogens is 278 g/mol. The molecule has 0 bridgehead atoms. The van der Waals surface area contributed by atoms with Gasteiger partial charge in [-0.25, -0.2) is 12.7 Å². The molecule has 0 spiro atoms. The number of carbonyl (C=O) groups is 1. The predicted molar refractivity (Wildman–Crippen MR) is 63.0 cm³/mol. The molecule has 0 aliphatic heterocycles. The Labute approximate surface area is 108 Å². The number of aliphatic carboxylic acids is 1. The molecule has 1 N–H and O–H groups in total. The van der Waals surface area contributed by atoms with Crippen LogP contribution in [0.15, 0.2) is 23.2 Å². The van der Waals surface area contributed by atoms with E-state index < -0.39 is 26.7 Å². The van der Waals surface area contributed by atoms with Gasteiger partial charge in [0, 0.05) is 19.7 Å². The molecule has 1 aromatic heterocycles. The van der Waals surface area contributed by atoms with Crippen molar-refractivity contribution in [3.05, 3.63) is 28.4 Å². The van der Waals surface area contributed by atoms with Gasteiger partial charge in [0.05, 0.1) is 6.42 Å². The van der Waals surface area contributed by atoms with Crippen LogP contribution < -0.4 is 0 Å². The second-order valence-electron chi connectivity index (χ2n) is 3.58. The van der Waals surface area contributed by atoms with E-state index in [1.807, 2.05) is 0 Å². The summed E-state index contributed by atoms with van der Waals surface area (Å²) in [6.45, 7) is -0.200. The van der Waals surface area contributed by atoms with Crippen molar-refractivity contribution in [3.63, 3.8) is 0 Å². The first-order valence-corrected chi connectivity index (χ1v) is 6.47. The molecule has 1 aromatic rings. The lowest BCUT2D eigenvalue weighted by Gasteiger charge is -2.14. The zero-order chi connectivity index (χ0) is 14.6. The van der Waals surface area contributed by atoms with Crippen LogP contribution in [-0.4, -0.2) is 47.3 Å². The van der Waals surface area contributed by atoms with Crippen LogP contribution in [0.4, 0.5) is 5.82 Å². The fourth-order valence-electron chi connectivity index (χ4n) is 1.19. The van der Waals surface area contributed by atoms with Crippen molar-refractivity contribution in [2.24, 2.45) is 0 Å². The van der Waals surface area contributed by atoms with E-state index in [1.165, 1.54) is 7.05 Å². The fraction of sp³-hybridized carbons (Fsp3) is 0.333. The predicted octanol–water partition coefficient (Wildman–Crippen LogP) is 0.0850. The number of rotatable bonds is 6. The first kappa shape index (κ1) is 15.0. The summed E-state index contributed by atoms with van der Waals surface area (Å²) in [6.07, 6.45) is 0.529. The van der Waals surface area contributed by atoms with Gasteiger partial charge in [-0.1, -0.05) is 0 Å². The fourth-order valence-corrected chi connectivity index (χ4v) is 2.30. The van der Waals surface area contributed by atoms with Crippen molar-refractivity contribution in [1.29, 1.82) is 0 Å². The Kier molecular flexibility index (Phi) is 4.51. The molecule has 1 heterocycles. The Hall–Kier alpha value is -2.07. The van der Waals surface area contributed by atoms with Gasteiger partial charge in [-0.15, -0.1) is 0 Å². The third kappa shape index (κ3) is 3.69. The van der Waals surface area contributed by atoms with Gasteiger partial charge in [0.15, 0.2) is 6.20 Å². The molecule has 1 rings (SSSR count). The normalized spacial score (nSPS) is 11.5. The average molecular weight is 289 g/mol. The minimum atomic E-state index is -3.89. The summed E-state index contributed by atoms with van der Waals surface area (Å²) in [5, 5.41) is 18.9. The summed E-state index contributed by atoms with van der Waals surface area (Å²) in [7, 11) is -2.67. The quantitative estimate of drug-likeness (QED) is 0.579. The van der Waals surface area contributed by atoms with Gasteiger partial charge in [-0.2, -0.15) is 0 Å². The molecule has 0 aromatic carbocycles. The van der Waals surface area contributed by atoms with Crippen LogP contribution in [0.2, 0.25) is 0 Å². The van der Waals surface area contributed by atoms with Crippen LogP contribution in [0.25, 0.3) is 0 Å².